The van der Waals surface area contributed by atoms with Crippen molar-refractivity contribution < 1.29 is 18.0 Å². The second-order valence-electron chi connectivity index (χ2n) is 7.79. The normalized spacial score (nSPS) is 22.0. The fraction of sp³-hybridized carbons (Fsp3) is 0.600. The van der Waals surface area contributed by atoms with E-state index >= 15 is 0 Å². The highest BCUT2D eigenvalue weighted by Crippen LogP contribution is 2.20. The van der Waals surface area contributed by atoms with E-state index < -0.39 is 10.0 Å². The Morgan fingerprint density at radius 1 is 1.07 bits per heavy atom. The minimum Gasteiger partial charge on any atom is -0.353 e. The Bertz CT molecular complexity index is 789. The largest absolute Gasteiger partial charge is 0.353 e. The third-order valence-electron chi connectivity index (χ3n) is 5.61. The Balaban J connectivity index is 1.48. The van der Waals surface area contributed by atoms with Gasteiger partial charge in [0.05, 0.1) is 18.6 Å². The number of piperidine rings is 2. The third kappa shape index (κ3) is 5.54. The lowest BCUT2D eigenvalue weighted by Crippen LogP contribution is -2.50. The molecule has 154 valence electrons. The van der Waals surface area contributed by atoms with E-state index in [1.165, 1.54) is 10.6 Å². The van der Waals surface area contributed by atoms with Crippen LogP contribution in [0, 0.1) is 5.92 Å². The number of nitrogens with one attached hydrogen (secondary N) is 1. The summed E-state index contributed by atoms with van der Waals surface area (Å²) in [5.41, 5.74) is 0.983. The molecule has 8 heteroatoms. The zero-order valence-electron chi connectivity index (χ0n) is 16.3. The molecule has 2 aliphatic heterocycles. The first-order valence-corrected chi connectivity index (χ1v) is 11.7. The number of carbonyl (C=O) groups is 2. The van der Waals surface area contributed by atoms with E-state index in [0.29, 0.717) is 45.4 Å². The quantitative estimate of drug-likeness (QED) is 0.789. The smallest absolute Gasteiger partial charge is 0.227 e. The summed E-state index contributed by atoms with van der Waals surface area (Å²) >= 11 is 0. The number of rotatable bonds is 5. The van der Waals surface area contributed by atoms with Gasteiger partial charge in [0.1, 0.15) is 0 Å². The van der Waals surface area contributed by atoms with Crippen LogP contribution in [0.4, 0.5) is 0 Å². The molecule has 0 saturated carbocycles. The summed E-state index contributed by atoms with van der Waals surface area (Å²) in [4.78, 5) is 27.1. The van der Waals surface area contributed by atoms with E-state index in [-0.39, 0.29) is 23.8 Å². The number of hydrogen-bond acceptors (Lipinski definition) is 4. The summed E-state index contributed by atoms with van der Waals surface area (Å²) in [6, 6.07) is 9.65. The Morgan fingerprint density at radius 3 is 2.39 bits per heavy atom. The molecule has 2 fully saturated rings. The van der Waals surface area contributed by atoms with Gasteiger partial charge in [-0.3, -0.25) is 9.59 Å². The summed E-state index contributed by atoms with van der Waals surface area (Å²) in [6.07, 6.45) is 4.44. The SMILES string of the molecule is CS(=O)(=O)N1CCC(NC(=O)C2CCCN(C(=O)Cc3ccccc3)C2)CC1. The van der Waals surface area contributed by atoms with Gasteiger partial charge >= 0.3 is 0 Å². The molecular weight excluding hydrogens is 378 g/mol. The van der Waals surface area contributed by atoms with Crippen LogP contribution in [-0.2, 0) is 26.0 Å². The van der Waals surface area contributed by atoms with E-state index in [1.54, 1.807) is 4.90 Å². The van der Waals surface area contributed by atoms with Crippen LogP contribution in [0.1, 0.15) is 31.2 Å². The summed E-state index contributed by atoms with van der Waals surface area (Å²) < 4.78 is 24.6. The van der Waals surface area contributed by atoms with Gasteiger partial charge in [0.15, 0.2) is 0 Å². The molecule has 1 N–H and O–H groups in total. The lowest BCUT2D eigenvalue weighted by atomic mass is 9.95. The molecule has 0 bridgehead atoms. The maximum absolute atomic E-state index is 12.7. The van der Waals surface area contributed by atoms with Gasteiger partial charge in [-0.15, -0.1) is 0 Å². The number of hydrogen-bond donors (Lipinski definition) is 1. The Morgan fingerprint density at radius 2 is 1.75 bits per heavy atom. The fourth-order valence-electron chi connectivity index (χ4n) is 3.95. The first-order chi connectivity index (χ1) is 13.3. The van der Waals surface area contributed by atoms with Crippen molar-refractivity contribution in [3.8, 4) is 0 Å². The third-order valence-corrected chi connectivity index (χ3v) is 6.92. The molecule has 0 spiro atoms. The highest BCUT2D eigenvalue weighted by Gasteiger charge is 2.31. The van der Waals surface area contributed by atoms with Gasteiger partial charge in [0.25, 0.3) is 0 Å². The van der Waals surface area contributed by atoms with E-state index in [1.807, 2.05) is 30.3 Å². The van der Waals surface area contributed by atoms with Crippen molar-refractivity contribution in [3.05, 3.63) is 35.9 Å². The van der Waals surface area contributed by atoms with Gasteiger partial charge in [0.2, 0.25) is 21.8 Å². The summed E-state index contributed by atoms with van der Waals surface area (Å²) in [6.45, 7) is 2.04. The van der Waals surface area contributed by atoms with Crippen LogP contribution < -0.4 is 5.32 Å². The van der Waals surface area contributed by atoms with Crippen molar-refractivity contribution in [2.75, 3.05) is 32.4 Å². The number of sulfonamides is 1. The number of amides is 2. The van der Waals surface area contributed by atoms with Gasteiger partial charge in [-0.1, -0.05) is 30.3 Å². The first-order valence-electron chi connectivity index (χ1n) is 9.90. The predicted octanol–water partition coefficient (Wildman–Crippen LogP) is 1.01. The standard InChI is InChI=1S/C20H29N3O4S/c1-28(26,27)23-12-9-18(10-13-23)21-20(25)17-8-5-11-22(15-17)19(24)14-16-6-3-2-4-7-16/h2-4,6-7,17-18H,5,8-15H2,1H3,(H,21,25). The van der Waals surface area contributed by atoms with Crippen molar-refractivity contribution >= 4 is 21.8 Å². The van der Waals surface area contributed by atoms with Gasteiger partial charge in [-0.25, -0.2) is 12.7 Å². The topological polar surface area (TPSA) is 86.8 Å². The van der Waals surface area contributed by atoms with Gasteiger partial charge < -0.3 is 10.2 Å². The number of nitrogens with zero attached hydrogens (tertiary/aromatic N) is 2. The lowest BCUT2D eigenvalue weighted by molar-refractivity contribution is -0.135. The molecule has 1 aromatic carbocycles. The molecule has 0 aromatic heterocycles. The zero-order chi connectivity index (χ0) is 20.1. The monoisotopic (exact) mass is 407 g/mol. The van der Waals surface area contributed by atoms with E-state index in [2.05, 4.69) is 5.32 Å². The van der Waals surface area contributed by atoms with Crippen molar-refractivity contribution in [2.45, 2.75) is 38.1 Å². The zero-order valence-corrected chi connectivity index (χ0v) is 17.2. The Labute approximate surface area is 167 Å². The molecule has 2 amide bonds. The molecule has 3 rings (SSSR count). The molecule has 28 heavy (non-hydrogen) atoms. The molecule has 1 unspecified atom stereocenters. The number of carbonyl (C=O) groups excluding carboxylic acids is 2. The van der Waals surface area contributed by atoms with Crippen LogP contribution in [0.5, 0.6) is 0 Å². The van der Waals surface area contributed by atoms with Crippen LogP contribution in [0.15, 0.2) is 30.3 Å². The summed E-state index contributed by atoms with van der Waals surface area (Å²) in [5.74, 6) is -0.151. The second kappa shape index (κ2) is 9.05. The maximum Gasteiger partial charge on any atom is 0.227 e. The molecule has 1 aromatic rings. The fourth-order valence-corrected chi connectivity index (χ4v) is 4.82. The molecular formula is C20H29N3O4S. The highest BCUT2D eigenvalue weighted by atomic mass is 32.2. The first kappa shape index (κ1) is 20.8. The van der Waals surface area contributed by atoms with Gasteiger partial charge in [-0.05, 0) is 31.2 Å². The Hall–Kier alpha value is -1.93. The molecule has 2 saturated heterocycles. The second-order valence-corrected chi connectivity index (χ2v) is 9.77. The van der Waals surface area contributed by atoms with Crippen LogP contribution in [-0.4, -0.2) is 67.9 Å². The average molecular weight is 408 g/mol. The molecule has 2 aliphatic rings. The lowest BCUT2D eigenvalue weighted by Gasteiger charge is -2.35. The van der Waals surface area contributed by atoms with Crippen LogP contribution in [0.25, 0.3) is 0 Å². The van der Waals surface area contributed by atoms with Crippen molar-refractivity contribution in [2.24, 2.45) is 5.92 Å². The number of benzene rings is 1. The summed E-state index contributed by atoms with van der Waals surface area (Å²) in [5, 5.41) is 3.07. The molecule has 1 atom stereocenters. The number of likely N-dealkylation sites (tertiary alicyclic amines) is 1. The minimum atomic E-state index is -3.16. The van der Waals surface area contributed by atoms with Gasteiger partial charge in [0, 0.05) is 32.2 Å². The maximum atomic E-state index is 12.7. The molecule has 0 radical (unpaired) electrons. The van der Waals surface area contributed by atoms with Crippen LogP contribution >= 0.6 is 0 Å². The highest BCUT2D eigenvalue weighted by molar-refractivity contribution is 7.88. The van der Waals surface area contributed by atoms with Crippen molar-refractivity contribution in [1.82, 2.24) is 14.5 Å². The Kier molecular flexibility index (Phi) is 6.72. The van der Waals surface area contributed by atoms with Crippen LogP contribution in [0.3, 0.4) is 0 Å². The van der Waals surface area contributed by atoms with Crippen molar-refractivity contribution in [1.29, 1.82) is 0 Å². The van der Waals surface area contributed by atoms with Crippen molar-refractivity contribution in [3.63, 3.8) is 0 Å². The predicted molar refractivity (Wildman–Crippen MR) is 107 cm³/mol. The molecule has 0 aliphatic carbocycles. The summed E-state index contributed by atoms with van der Waals surface area (Å²) in [7, 11) is -3.16. The molecule has 2 heterocycles. The van der Waals surface area contributed by atoms with E-state index in [0.717, 1.165) is 18.4 Å². The molecule has 7 nitrogen and oxygen atoms in total. The minimum absolute atomic E-state index is 0.000830. The van der Waals surface area contributed by atoms with E-state index in [9.17, 15) is 18.0 Å². The van der Waals surface area contributed by atoms with Crippen LogP contribution in [0.2, 0.25) is 0 Å². The average Bonchev–Trinajstić information content (AvgIpc) is 2.68. The van der Waals surface area contributed by atoms with Gasteiger partial charge in [-0.2, -0.15) is 0 Å². The van der Waals surface area contributed by atoms with E-state index in [4.69, 9.17) is 0 Å².